The first kappa shape index (κ1) is 23.7. The Hall–Kier alpha value is -3.00. The summed E-state index contributed by atoms with van der Waals surface area (Å²) in [6, 6.07) is 9.89. The minimum atomic E-state index is -1.06. The molecule has 0 spiro atoms. The summed E-state index contributed by atoms with van der Waals surface area (Å²) in [5.41, 5.74) is 1.11. The molecule has 8 heteroatoms. The SMILES string of the molecule is CCCN(C)C(=O)CN1C[C@H](c2ccc(F)c(F)c2)[C@H](C(=O)O)[C@H]1c1ccc(OC)cc1. The van der Waals surface area contributed by atoms with E-state index in [1.54, 1.807) is 36.2 Å². The van der Waals surface area contributed by atoms with Gasteiger partial charge >= 0.3 is 5.97 Å². The van der Waals surface area contributed by atoms with Crippen LogP contribution in [0.15, 0.2) is 42.5 Å². The molecule has 1 N–H and O–H groups in total. The smallest absolute Gasteiger partial charge is 0.309 e. The Morgan fingerprint density at radius 3 is 2.34 bits per heavy atom. The molecule has 1 amide bonds. The predicted octanol–water partition coefficient (Wildman–Crippen LogP) is 3.68. The number of amides is 1. The second-order valence-corrected chi connectivity index (χ2v) is 8.11. The molecule has 1 heterocycles. The van der Waals surface area contributed by atoms with Gasteiger partial charge in [0.1, 0.15) is 5.75 Å². The number of halogens is 2. The number of carbonyl (C=O) groups is 2. The maximum Gasteiger partial charge on any atom is 0.309 e. The zero-order valence-electron chi connectivity index (χ0n) is 18.4. The van der Waals surface area contributed by atoms with Crippen LogP contribution in [-0.2, 0) is 9.59 Å². The molecule has 2 aromatic rings. The maximum absolute atomic E-state index is 14.0. The quantitative estimate of drug-likeness (QED) is 0.670. The number of carboxylic acid groups (broad SMARTS) is 1. The number of hydrogen-bond donors (Lipinski definition) is 1. The minimum absolute atomic E-state index is 0.0250. The predicted molar refractivity (Wildman–Crippen MR) is 115 cm³/mol. The summed E-state index contributed by atoms with van der Waals surface area (Å²) in [7, 11) is 3.25. The fourth-order valence-electron chi connectivity index (χ4n) is 4.43. The van der Waals surface area contributed by atoms with Gasteiger partial charge in [0.05, 0.1) is 19.6 Å². The van der Waals surface area contributed by atoms with Crippen molar-refractivity contribution in [3.05, 3.63) is 65.2 Å². The number of likely N-dealkylation sites (tertiary alicyclic amines) is 1. The van der Waals surface area contributed by atoms with Crippen LogP contribution in [0.1, 0.15) is 36.4 Å². The van der Waals surface area contributed by atoms with Crippen molar-refractivity contribution >= 4 is 11.9 Å². The fraction of sp³-hybridized carbons (Fsp3) is 0.417. The van der Waals surface area contributed by atoms with E-state index in [9.17, 15) is 23.5 Å². The Labute approximate surface area is 186 Å². The fourth-order valence-corrected chi connectivity index (χ4v) is 4.43. The Morgan fingerprint density at radius 1 is 1.12 bits per heavy atom. The van der Waals surface area contributed by atoms with Gasteiger partial charge in [-0.2, -0.15) is 0 Å². The lowest BCUT2D eigenvalue weighted by molar-refractivity contribution is -0.143. The summed E-state index contributed by atoms with van der Waals surface area (Å²) < 4.78 is 32.7. The number of likely N-dealkylation sites (N-methyl/N-ethyl adjacent to an activating group) is 1. The van der Waals surface area contributed by atoms with E-state index in [1.165, 1.54) is 13.2 Å². The first-order chi connectivity index (χ1) is 15.3. The van der Waals surface area contributed by atoms with E-state index >= 15 is 0 Å². The molecule has 6 nitrogen and oxygen atoms in total. The van der Waals surface area contributed by atoms with Crippen LogP contribution >= 0.6 is 0 Å². The summed E-state index contributed by atoms with van der Waals surface area (Å²) in [4.78, 5) is 28.6. The largest absolute Gasteiger partial charge is 0.497 e. The van der Waals surface area contributed by atoms with Crippen molar-refractivity contribution in [2.45, 2.75) is 25.3 Å². The molecule has 32 heavy (non-hydrogen) atoms. The van der Waals surface area contributed by atoms with Gasteiger partial charge in [0.15, 0.2) is 11.6 Å². The van der Waals surface area contributed by atoms with Gasteiger partial charge in [0, 0.05) is 32.1 Å². The summed E-state index contributed by atoms with van der Waals surface area (Å²) in [6.45, 7) is 2.82. The van der Waals surface area contributed by atoms with Gasteiger partial charge < -0.3 is 14.7 Å². The highest BCUT2D eigenvalue weighted by molar-refractivity contribution is 5.79. The Balaban J connectivity index is 2.02. The van der Waals surface area contributed by atoms with Crippen LogP contribution in [0.25, 0.3) is 0 Å². The second-order valence-electron chi connectivity index (χ2n) is 8.11. The number of hydrogen-bond acceptors (Lipinski definition) is 4. The van der Waals surface area contributed by atoms with E-state index in [4.69, 9.17) is 4.74 Å². The lowest BCUT2D eigenvalue weighted by Gasteiger charge is -2.28. The zero-order chi connectivity index (χ0) is 23.4. The van der Waals surface area contributed by atoms with Gasteiger partial charge in [-0.05, 0) is 41.8 Å². The highest BCUT2D eigenvalue weighted by Crippen LogP contribution is 2.46. The van der Waals surface area contributed by atoms with E-state index < -0.39 is 35.5 Å². The van der Waals surface area contributed by atoms with E-state index in [1.807, 2.05) is 11.8 Å². The third-order valence-corrected chi connectivity index (χ3v) is 6.04. The van der Waals surface area contributed by atoms with Gasteiger partial charge in [-0.3, -0.25) is 14.5 Å². The van der Waals surface area contributed by atoms with Crippen molar-refractivity contribution in [3.63, 3.8) is 0 Å². The zero-order valence-corrected chi connectivity index (χ0v) is 18.4. The third kappa shape index (κ3) is 4.91. The van der Waals surface area contributed by atoms with Crippen LogP contribution in [0.3, 0.4) is 0 Å². The van der Waals surface area contributed by atoms with Crippen LogP contribution in [0, 0.1) is 17.6 Å². The molecule has 0 unspecified atom stereocenters. The van der Waals surface area contributed by atoms with Crippen molar-refractivity contribution in [2.24, 2.45) is 5.92 Å². The lowest BCUT2D eigenvalue weighted by Crippen LogP contribution is -2.39. The van der Waals surface area contributed by atoms with Gasteiger partial charge in [-0.25, -0.2) is 8.78 Å². The Kier molecular flexibility index (Phi) is 7.45. The second kappa shape index (κ2) is 10.1. The molecule has 1 fully saturated rings. The number of benzene rings is 2. The van der Waals surface area contributed by atoms with Crippen molar-refractivity contribution < 1.29 is 28.2 Å². The Morgan fingerprint density at radius 2 is 1.78 bits per heavy atom. The van der Waals surface area contributed by atoms with Crippen LogP contribution in [0.2, 0.25) is 0 Å². The summed E-state index contributed by atoms with van der Waals surface area (Å²) in [5.74, 6) is -4.13. The van der Waals surface area contributed by atoms with Gasteiger partial charge in [0.2, 0.25) is 5.91 Å². The van der Waals surface area contributed by atoms with Crippen molar-refractivity contribution in [1.29, 1.82) is 0 Å². The van der Waals surface area contributed by atoms with Gasteiger partial charge in [-0.1, -0.05) is 25.1 Å². The molecule has 3 rings (SSSR count). The number of methoxy groups -OCH3 is 1. The maximum atomic E-state index is 14.0. The number of aliphatic carboxylic acids is 1. The van der Waals surface area contributed by atoms with Crippen LogP contribution in [0.5, 0.6) is 5.75 Å². The molecule has 1 aliphatic rings. The third-order valence-electron chi connectivity index (χ3n) is 6.04. The minimum Gasteiger partial charge on any atom is -0.497 e. The molecule has 2 aromatic carbocycles. The average Bonchev–Trinajstić information content (AvgIpc) is 3.15. The molecule has 0 radical (unpaired) electrons. The van der Waals surface area contributed by atoms with E-state index in [2.05, 4.69) is 0 Å². The molecule has 172 valence electrons. The van der Waals surface area contributed by atoms with Crippen LogP contribution < -0.4 is 4.74 Å². The molecular formula is C24H28F2N2O4. The first-order valence-electron chi connectivity index (χ1n) is 10.6. The molecular weight excluding hydrogens is 418 g/mol. The number of nitrogens with zero attached hydrogens (tertiary/aromatic N) is 2. The standard InChI is InChI=1S/C24H28F2N2O4/c1-4-11-27(2)21(29)14-28-13-18(16-7-10-19(25)20(26)12-16)22(24(30)31)23(28)15-5-8-17(32-3)9-6-15/h5-10,12,18,22-23H,4,11,13-14H2,1-3H3,(H,30,31)/t18-,22+,23-/m1/s1. The summed E-state index contributed by atoms with van der Waals surface area (Å²) >= 11 is 0. The number of carboxylic acids is 1. The van der Waals surface area contributed by atoms with E-state index in [0.717, 1.165) is 18.6 Å². The number of carbonyl (C=O) groups excluding carboxylic acids is 1. The van der Waals surface area contributed by atoms with Crippen LogP contribution in [0.4, 0.5) is 8.78 Å². The highest BCUT2D eigenvalue weighted by Gasteiger charge is 2.48. The molecule has 3 atom stereocenters. The van der Waals surface area contributed by atoms with Crippen molar-refractivity contribution in [1.82, 2.24) is 9.80 Å². The summed E-state index contributed by atoms with van der Waals surface area (Å²) in [5, 5.41) is 10.1. The van der Waals surface area contributed by atoms with E-state index in [0.29, 0.717) is 23.4 Å². The molecule has 0 bridgehead atoms. The molecule has 0 aliphatic carbocycles. The van der Waals surface area contributed by atoms with Crippen molar-refractivity contribution in [2.75, 3.05) is 33.8 Å². The number of ether oxygens (including phenoxy) is 1. The van der Waals surface area contributed by atoms with Crippen molar-refractivity contribution in [3.8, 4) is 5.75 Å². The summed E-state index contributed by atoms with van der Waals surface area (Å²) in [6.07, 6.45) is 0.805. The van der Waals surface area contributed by atoms with E-state index in [-0.39, 0.29) is 19.0 Å². The average molecular weight is 446 g/mol. The lowest BCUT2D eigenvalue weighted by atomic mass is 9.83. The highest BCUT2D eigenvalue weighted by atomic mass is 19.2. The Bertz CT molecular complexity index is 967. The van der Waals surface area contributed by atoms with Crippen LogP contribution in [-0.4, -0.2) is 60.6 Å². The molecule has 1 saturated heterocycles. The molecule has 0 aromatic heterocycles. The van der Waals surface area contributed by atoms with Gasteiger partial charge in [-0.15, -0.1) is 0 Å². The first-order valence-corrected chi connectivity index (χ1v) is 10.6. The normalized spacial score (nSPS) is 20.8. The number of rotatable bonds is 8. The topological polar surface area (TPSA) is 70.1 Å². The monoisotopic (exact) mass is 446 g/mol. The molecule has 0 saturated carbocycles. The van der Waals surface area contributed by atoms with Gasteiger partial charge in [0.25, 0.3) is 0 Å². The molecule has 1 aliphatic heterocycles.